The van der Waals surface area contributed by atoms with Crippen molar-refractivity contribution < 1.29 is 8.78 Å². The van der Waals surface area contributed by atoms with Gasteiger partial charge in [0.1, 0.15) is 0 Å². The summed E-state index contributed by atoms with van der Waals surface area (Å²) in [5, 5.41) is 0. The van der Waals surface area contributed by atoms with Gasteiger partial charge in [-0.1, -0.05) is 63.5 Å². The van der Waals surface area contributed by atoms with Gasteiger partial charge in [-0.3, -0.25) is 0 Å². The average Bonchev–Trinajstić information content (AvgIpc) is 2.65. The highest BCUT2D eigenvalue weighted by atomic mass is 19.2. The predicted octanol–water partition coefficient (Wildman–Crippen LogP) is 7.40. The van der Waals surface area contributed by atoms with Gasteiger partial charge in [0.2, 0.25) is 0 Å². The van der Waals surface area contributed by atoms with Crippen LogP contribution in [-0.4, -0.2) is 0 Å². The lowest BCUT2D eigenvalue weighted by atomic mass is 9.70. The fourth-order valence-corrected chi connectivity index (χ4v) is 4.85. The third kappa shape index (κ3) is 4.04. The first-order valence-electron chi connectivity index (χ1n) is 9.93. The van der Waals surface area contributed by atoms with Crippen LogP contribution in [0.2, 0.25) is 0 Å². The van der Waals surface area contributed by atoms with E-state index in [-0.39, 0.29) is 5.56 Å². The molecule has 3 rings (SSSR count). The Balaban J connectivity index is 1.64. The van der Waals surface area contributed by atoms with Gasteiger partial charge in [0.15, 0.2) is 11.6 Å². The van der Waals surface area contributed by atoms with E-state index >= 15 is 0 Å². The maximum absolute atomic E-state index is 14.3. The van der Waals surface area contributed by atoms with Crippen LogP contribution in [0, 0.1) is 29.4 Å². The lowest BCUT2D eigenvalue weighted by Gasteiger charge is -2.35. The van der Waals surface area contributed by atoms with Crippen molar-refractivity contribution in [2.75, 3.05) is 0 Å². The molecule has 0 radical (unpaired) electrons. The molecular formula is C23H30F2. The van der Waals surface area contributed by atoms with E-state index in [2.05, 4.69) is 19.6 Å². The van der Waals surface area contributed by atoms with Crippen LogP contribution >= 0.6 is 0 Å². The molecule has 136 valence electrons. The molecule has 0 nitrogen and oxygen atoms in total. The zero-order valence-electron chi connectivity index (χ0n) is 15.4. The van der Waals surface area contributed by atoms with Crippen molar-refractivity contribution in [3.8, 4) is 0 Å². The monoisotopic (exact) mass is 344 g/mol. The molecule has 2 aliphatic carbocycles. The molecule has 1 saturated carbocycles. The van der Waals surface area contributed by atoms with E-state index in [0.717, 1.165) is 42.6 Å². The molecule has 1 aromatic rings. The summed E-state index contributed by atoms with van der Waals surface area (Å²) in [6, 6.07) is 3.33. The Kier molecular flexibility index (Phi) is 6.09. The molecule has 0 N–H and O–H groups in total. The van der Waals surface area contributed by atoms with Crippen LogP contribution in [0.5, 0.6) is 0 Å². The normalized spacial score (nSPS) is 27.0. The second kappa shape index (κ2) is 8.29. The molecule has 0 heterocycles. The van der Waals surface area contributed by atoms with Crippen LogP contribution in [-0.2, 0) is 0 Å². The largest absolute Gasteiger partial charge is 0.203 e. The zero-order chi connectivity index (χ0) is 17.8. The molecular weight excluding hydrogens is 314 g/mol. The lowest BCUT2D eigenvalue weighted by molar-refractivity contribution is 0.189. The average molecular weight is 344 g/mol. The Bertz CT molecular complexity index is 636. The Labute approximate surface area is 151 Å². The number of rotatable bonds is 5. The molecule has 1 atom stereocenters. The zero-order valence-corrected chi connectivity index (χ0v) is 15.4. The maximum Gasteiger partial charge on any atom is 0.166 e. The highest BCUT2D eigenvalue weighted by Crippen LogP contribution is 2.42. The van der Waals surface area contributed by atoms with E-state index < -0.39 is 11.6 Å². The minimum absolute atomic E-state index is 0.236. The third-order valence-electron chi connectivity index (χ3n) is 6.38. The summed E-state index contributed by atoms with van der Waals surface area (Å²) in [6.45, 7) is 5.81. The Hall–Kier alpha value is -1.44. The molecule has 25 heavy (non-hydrogen) atoms. The number of hydrogen-bond donors (Lipinski definition) is 0. The van der Waals surface area contributed by atoms with Crippen LogP contribution < -0.4 is 0 Å². The standard InChI is InChI=1S/C23H30F2/c1-3-5-16-6-8-18(9-7-16)19-10-12-20(13-11-19)21-15-14-17(4-2)22(24)23(21)25/h4,12,14-16,18-19H,2-3,5-11,13H2,1H3/t16-,18-,19?. The first-order valence-corrected chi connectivity index (χ1v) is 9.93. The van der Waals surface area contributed by atoms with Crippen LogP contribution in [0.15, 0.2) is 24.8 Å². The van der Waals surface area contributed by atoms with E-state index in [1.807, 2.05) is 0 Å². The SMILES string of the molecule is C=Cc1ccc(C2=CCC([C@H]3CC[C@H](CCC)CC3)CC2)c(F)c1F. The molecule has 1 fully saturated rings. The fraction of sp³-hybridized carbons (Fsp3) is 0.565. The van der Waals surface area contributed by atoms with Crippen LogP contribution in [0.25, 0.3) is 11.6 Å². The topological polar surface area (TPSA) is 0 Å². The minimum Gasteiger partial charge on any atom is -0.203 e. The van der Waals surface area contributed by atoms with Crippen molar-refractivity contribution >= 4 is 11.6 Å². The lowest BCUT2D eigenvalue weighted by Crippen LogP contribution is -2.23. The van der Waals surface area contributed by atoms with Gasteiger partial charge in [0.05, 0.1) is 0 Å². The second-order valence-corrected chi connectivity index (χ2v) is 7.87. The van der Waals surface area contributed by atoms with Crippen LogP contribution in [0.3, 0.4) is 0 Å². The molecule has 0 aliphatic heterocycles. The highest BCUT2D eigenvalue weighted by Gasteiger charge is 2.29. The van der Waals surface area contributed by atoms with Crippen molar-refractivity contribution in [2.45, 2.75) is 64.7 Å². The molecule has 0 bridgehead atoms. The molecule has 0 amide bonds. The van der Waals surface area contributed by atoms with E-state index in [4.69, 9.17) is 0 Å². The van der Waals surface area contributed by atoms with Gasteiger partial charge in [0, 0.05) is 11.1 Å². The third-order valence-corrected chi connectivity index (χ3v) is 6.38. The van der Waals surface area contributed by atoms with Gasteiger partial charge in [-0.2, -0.15) is 0 Å². The fourth-order valence-electron chi connectivity index (χ4n) is 4.85. The van der Waals surface area contributed by atoms with Crippen molar-refractivity contribution in [1.82, 2.24) is 0 Å². The predicted molar refractivity (Wildman–Crippen MR) is 102 cm³/mol. The summed E-state index contributed by atoms with van der Waals surface area (Å²) in [6.07, 6.45) is 14.7. The molecule has 1 unspecified atom stereocenters. The number of hydrogen-bond acceptors (Lipinski definition) is 0. The van der Waals surface area contributed by atoms with Gasteiger partial charge in [0.25, 0.3) is 0 Å². The van der Waals surface area contributed by atoms with Crippen LogP contribution in [0.4, 0.5) is 8.78 Å². The smallest absolute Gasteiger partial charge is 0.166 e. The quantitative estimate of drug-likeness (QED) is 0.522. The van der Waals surface area contributed by atoms with Gasteiger partial charge < -0.3 is 0 Å². The van der Waals surface area contributed by atoms with Crippen molar-refractivity contribution in [2.24, 2.45) is 17.8 Å². The van der Waals surface area contributed by atoms with Crippen molar-refractivity contribution in [1.29, 1.82) is 0 Å². The van der Waals surface area contributed by atoms with E-state index in [0.29, 0.717) is 5.56 Å². The summed E-state index contributed by atoms with van der Waals surface area (Å²) in [7, 11) is 0. The first-order chi connectivity index (χ1) is 12.1. The summed E-state index contributed by atoms with van der Waals surface area (Å²) < 4.78 is 28.3. The highest BCUT2D eigenvalue weighted by molar-refractivity contribution is 5.68. The van der Waals surface area contributed by atoms with E-state index in [1.165, 1.54) is 44.6 Å². The molecule has 0 aromatic heterocycles. The first kappa shape index (κ1) is 18.4. The van der Waals surface area contributed by atoms with Gasteiger partial charge in [-0.25, -0.2) is 8.78 Å². The van der Waals surface area contributed by atoms with Crippen molar-refractivity contribution in [3.63, 3.8) is 0 Å². The Morgan fingerprint density at radius 1 is 1.04 bits per heavy atom. The minimum atomic E-state index is -0.773. The molecule has 0 spiro atoms. The maximum atomic E-state index is 14.3. The van der Waals surface area contributed by atoms with Crippen LogP contribution in [0.1, 0.15) is 75.8 Å². The number of halogens is 2. The van der Waals surface area contributed by atoms with Crippen molar-refractivity contribution in [3.05, 3.63) is 47.5 Å². The summed E-state index contributed by atoms with van der Waals surface area (Å²) in [5.41, 5.74) is 1.65. The van der Waals surface area contributed by atoms with E-state index in [1.54, 1.807) is 12.1 Å². The molecule has 2 heteroatoms. The molecule has 0 saturated heterocycles. The Morgan fingerprint density at radius 3 is 2.40 bits per heavy atom. The number of allylic oxidation sites excluding steroid dienone is 2. The molecule has 2 aliphatic rings. The van der Waals surface area contributed by atoms with E-state index in [9.17, 15) is 8.78 Å². The summed E-state index contributed by atoms with van der Waals surface area (Å²) in [4.78, 5) is 0. The van der Waals surface area contributed by atoms with Gasteiger partial charge in [-0.15, -0.1) is 0 Å². The summed E-state index contributed by atoms with van der Waals surface area (Å²) in [5.74, 6) is 1.01. The second-order valence-electron chi connectivity index (χ2n) is 7.87. The Morgan fingerprint density at radius 2 is 1.80 bits per heavy atom. The molecule has 1 aromatic carbocycles. The summed E-state index contributed by atoms with van der Waals surface area (Å²) >= 11 is 0. The van der Waals surface area contributed by atoms with Gasteiger partial charge in [-0.05, 0) is 55.4 Å². The number of benzene rings is 1. The van der Waals surface area contributed by atoms with Gasteiger partial charge >= 0.3 is 0 Å².